The average Bonchev–Trinajstić information content (AvgIpc) is 2.27. The largest absolute Gasteiger partial charge is 0.478 e. The van der Waals surface area contributed by atoms with Gasteiger partial charge in [-0.05, 0) is 23.3 Å². The molecule has 0 fully saturated rings. The molecule has 1 N–H and O–H groups in total. The first kappa shape index (κ1) is 9.44. The van der Waals surface area contributed by atoms with E-state index in [4.69, 9.17) is 5.11 Å². The smallest absolute Gasteiger partial charge is 0.335 e. The molecule has 0 radical (unpaired) electrons. The number of hydrogen-bond donors (Lipinski definition) is 1. The molecule has 0 aliphatic heterocycles. The molecular formula is C12H8O3. The van der Waals surface area contributed by atoms with Crippen LogP contribution in [0, 0.1) is 0 Å². The van der Waals surface area contributed by atoms with E-state index in [1.165, 1.54) is 6.07 Å². The van der Waals surface area contributed by atoms with E-state index in [-0.39, 0.29) is 5.56 Å². The molecule has 15 heavy (non-hydrogen) atoms. The third-order valence-corrected chi connectivity index (χ3v) is 2.37. The van der Waals surface area contributed by atoms with Crippen LogP contribution in [-0.2, 0) is 4.79 Å². The van der Waals surface area contributed by atoms with E-state index in [0.29, 0.717) is 12.0 Å². The Hall–Kier alpha value is -2.12. The molecule has 0 amide bonds. The predicted molar refractivity (Wildman–Crippen MR) is 56.2 cm³/mol. The second-order valence-electron chi connectivity index (χ2n) is 3.29. The summed E-state index contributed by atoms with van der Waals surface area (Å²) in [4.78, 5) is 21.4. The molecule has 0 atom stereocenters. The quantitative estimate of drug-likeness (QED) is 0.705. The second-order valence-corrected chi connectivity index (χ2v) is 3.29. The van der Waals surface area contributed by atoms with Crippen LogP contribution in [0.15, 0.2) is 24.3 Å². The maximum absolute atomic E-state index is 10.7. The van der Waals surface area contributed by atoms with Crippen molar-refractivity contribution in [2.75, 3.05) is 0 Å². The van der Waals surface area contributed by atoms with Gasteiger partial charge in [-0.15, -0.1) is 0 Å². The topological polar surface area (TPSA) is 54.4 Å². The minimum atomic E-state index is -0.964. The van der Waals surface area contributed by atoms with Crippen LogP contribution in [0.25, 0.3) is 11.6 Å². The van der Waals surface area contributed by atoms with Crippen LogP contribution in [0.5, 0.6) is 0 Å². The maximum Gasteiger partial charge on any atom is 0.335 e. The number of carbonyl (C=O) groups is 1. The molecule has 1 aromatic rings. The summed E-state index contributed by atoms with van der Waals surface area (Å²) in [5.41, 5.74) is 2.34. The fourth-order valence-corrected chi connectivity index (χ4v) is 1.62. The third-order valence-electron chi connectivity index (χ3n) is 2.37. The molecule has 1 aromatic carbocycles. The zero-order chi connectivity index (χ0) is 10.8. The molecule has 74 valence electrons. The van der Waals surface area contributed by atoms with Gasteiger partial charge in [0.1, 0.15) is 5.94 Å². The number of carboxylic acid groups (broad SMARTS) is 1. The summed E-state index contributed by atoms with van der Waals surface area (Å²) in [5, 5.41) is 8.80. The van der Waals surface area contributed by atoms with Gasteiger partial charge in [-0.3, -0.25) is 0 Å². The summed E-state index contributed by atoms with van der Waals surface area (Å²) < 4.78 is 0. The predicted octanol–water partition coefficient (Wildman–Crippen LogP) is 2.02. The van der Waals surface area contributed by atoms with E-state index in [0.717, 1.165) is 11.1 Å². The highest BCUT2D eigenvalue weighted by atomic mass is 16.4. The number of carbonyl (C=O) groups excluding carboxylic acids is 1. The van der Waals surface area contributed by atoms with Crippen LogP contribution < -0.4 is 0 Å². The van der Waals surface area contributed by atoms with Gasteiger partial charge in [0, 0.05) is 12.0 Å². The number of aromatic carboxylic acids is 1. The minimum Gasteiger partial charge on any atom is -0.478 e. The minimum absolute atomic E-state index is 0.227. The van der Waals surface area contributed by atoms with Gasteiger partial charge in [0.2, 0.25) is 0 Å². The number of carboxylic acids is 1. The normalized spacial score (nSPS) is 13.2. The zero-order valence-electron chi connectivity index (χ0n) is 7.86. The number of benzene rings is 1. The van der Waals surface area contributed by atoms with E-state index < -0.39 is 5.97 Å². The molecule has 2 rings (SSSR count). The van der Waals surface area contributed by atoms with Crippen molar-refractivity contribution in [3.8, 4) is 0 Å². The molecule has 1 aliphatic rings. The summed E-state index contributed by atoms with van der Waals surface area (Å²) in [6.07, 6.45) is 4.21. The summed E-state index contributed by atoms with van der Waals surface area (Å²) in [5.74, 6) is 0.912. The highest BCUT2D eigenvalue weighted by Crippen LogP contribution is 2.27. The number of hydrogen-bond acceptors (Lipinski definition) is 2. The zero-order valence-corrected chi connectivity index (χ0v) is 7.86. The maximum atomic E-state index is 10.7. The lowest BCUT2D eigenvalue weighted by Crippen LogP contribution is -2.00. The summed E-state index contributed by atoms with van der Waals surface area (Å²) >= 11 is 0. The molecule has 0 unspecified atom stereocenters. The Morgan fingerprint density at radius 1 is 1.40 bits per heavy atom. The van der Waals surface area contributed by atoms with Crippen molar-refractivity contribution < 1.29 is 14.7 Å². The van der Waals surface area contributed by atoms with E-state index in [1.54, 1.807) is 12.1 Å². The van der Waals surface area contributed by atoms with Gasteiger partial charge in [-0.25, -0.2) is 9.59 Å². The SMILES string of the molecule is O=C=C1CC=Cc2cc(C(=O)O)ccc21. The van der Waals surface area contributed by atoms with Crippen molar-refractivity contribution in [3.63, 3.8) is 0 Å². The van der Waals surface area contributed by atoms with Crippen molar-refractivity contribution in [1.82, 2.24) is 0 Å². The monoisotopic (exact) mass is 200 g/mol. The Morgan fingerprint density at radius 3 is 2.87 bits per heavy atom. The molecule has 0 spiro atoms. The van der Waals surface area contributed by atoms with Crippen molar-refractivity contribution in [2.24, 2.45) is 0 Å². The third kappa shape index (κ3) is 1.60. The fourth-order valence-electron chi connectivity index (χ4n) is 1.62. The molecule has 3 nitrogen and oxygen atoms in total. The lowest BCUT2D eigenvalue weighted by Gasteiger charge is -2.11. The van der Waals surface area contributed by atoms with E-state index in [1.807, 2.05) is 18.1 Å². The van der Waals surface area contributed by atoms with Gasteiger partial charge in [0.25, 0.3) is 0 Å². The van der Waals surface area contributed by atoms with Gasteiger partial charge in [-0.2, -0.15) is 0 Å². The first-order valence-corrected chi connectivity index (χ1v) is 4.50. The molecule has 0 saturated carbocycles. The van der Waals surface area contributed by atoms with E-state index in [9.17, 15) is 9.59 Å². The average molecular weight is 200 g/mol. The Labute approximate surface area is 86.4 Å². The molecule has 0 aromatic heterocycles. The Kier molecular flexibility index (Phi) is 2.24. The van der Waals surface area contributed by atoms with Crippen LogP contribution in [0.1, 0.15) is 27.9 Å². The van der Waals surface area contributed by atoms with E-state index >= 15 is 0 Å². The second kappa shape index (κ2) is 3.56. The van der Waals surface area contributed by atoms with Gasteiger partial charge in [0.05, 0.1) is 5.56 Å². The van der Waals surface area contributed by atoms with Crippen molar-refractivity contribution in [1.29, 1.82) is 0 Å². The van der Waals surface area contributed by atoms with Crippen LogP contribution in [-0.4, -0.2) is 17.0 Å². The van der Waals surface area contributed by atoms with Gasteiger partial charge < -0.3 is 5.11 Å². The van der Waals surface area contributed by atoms with Crippen LogP contribution in [0.3, 0.4) is 0 Å². The van der Waals surface area contributed by atoms with Crippen molar-refractivity contribution in [2.45, 2.75) is 6.42 Å². The van der Waals surface area contributed by atoms with Gasteiger partial charge in [-0.1, -0.05) is 18.2 Å². The number of fused-ring (bicyclic) bond motifs is 1. The lowest BCUT2D eigenvalue weighted by atomic mass is 9.92. The first-order valence-electron chi connectivity index (χ1n) is 4.50. The number of rotatable bonds is 1. The molecular weight excluding hydrogens is 192 g/mol. The van der Waals surface area contributed by atoms with Crippen LogP contribution in [0.4, 0.5) is 0 Å². The first-order chi connectivity index (χ1) is 7.22. The Bertz CT molecular complexity index is 506. The van der Waals surface area contributed by atoms with E-state index in [2.05, 4.69) is 0 Å². The Balaban J connectivity index is 2.60. The lowest BCUT2D eigenvalue weighted by molar-refractivity contribution is 0.0697. The van der Waals surface area contributed by atoms with Crippen LogP contribution >= 0.6 is 0 Å². The Morgan fingerprint density at radius 2 is 2.20 bits per heavy atom. The van der Waals surface area contributed by atoms with Crippen molar-refractivity contribution in [3.05, 3.63) is 41.0 Å². The van der Waals surface area contributed by atoms with Gasteiger partial charge >= 0.3 is 5.97 Å². The molecule has 0 saturated heterocycles. The summed E-state index contributed by atoms with van der Waals surface area (Å²) in [6.45, 7) is 0. The van der Waals surface area contributed by atoms with Gasteiger partial charge in [0.15, 0.2) is 0 Å². The molecule has 0 bridgehead atoms. The molecule has 3 heteroatoms. The van der Waals surface area contributed by atoms with Crippen molar-refractivity contribution >= 4 is 23.6 Å². The number of allylic oxidation sites excluding steroid dienone is 2. The summed E-state index contributed by atoms with van der Waals surface area (Å²) in [7, 11) is 0. The summed E-state index contributed by atoms with van der Waals surface area (Å²) in [6, 6.07) is 4.71. The highest BCUT2D eigenvalue weighted by molar-refractivity contribution is 5.96. The standard InChI is InChI=1S/C12H8O3/c13-7-10-3-1-2-8-6-9(12(14)15)4-5-11(8)10/h1-2,4-6H,3H2,(H,14,15). The van der Waals surface area contributed by atoms with Crippen LogP contribution in [0.2, 0.25) is 0 Å². The highest BCUT2D eigenvalue weighted by Gasteiger charge is 2.13. The fraction of sp³-hybridized carbons (Fsp3) is 0.0833. The molecule has 1 aliphatic carbocycles. The molecule has 0 heterocycles.